The summed E-state index contributed by atoms with van der Waals surface area (Å²) in [5.41, 5.74) is 2.65. The third kappa shape index (κ3) is 4.14. The van der Waals surface area contributed by atoms with Crippen molar-refractivity contribution >= 4 is 0 Å². The van der Waals surface area contributed by atoms with Gasteiger partial charge in [0.05, 0.1) is 7.11 Å². The Morgan fingerprint density at radius 3 is 2.58 bits per heavy atom. The zero-order chi connectivity index (χ0) is 13.7. The Kier molecular flexibility index (Phi) is 4.63. The van der Waals surface area contributed by atoms with Gasteiger partial charge in [-0.2, -0.15) is 0 Å². The number of hydrogen-bond acceptors (Lipinski definition) is 3. The first-order valence-corrected chi connectivity index (χ1v) is 6.56. The molecule has 0 fully saturated rings. The van der Waals surface area contributed by atoms with Gasteiger partial charge in [0.2, 0.25) is 0 Å². The quantitative estimate of drug-likeness (QED) is 0.807. The summed E-state index contributed by atoms with van der Waals surface area (Å²) in [6.07, 6.45) is 6.69. The van der Waals surface area contributed by atoms with Crippen LogP contribution in [0.2, 0.25) is 0 Å². The molecule has 0 atom stereocenters. The zero-order valence-corrected chi connectivity index (χ0v) is 12.0. The summed E-state index contributed by atoms with van der Waals surface area (Å²) >= 11 is 0. The lowest BCUT2D eigenvalue weighted by Crippen LogP contribution is -2.23. The third-order valence-electron chi connectivity index (χ3n) is 3.06. The van der Waals surface area contributed by atoms with Gasteiger partial charge in [0.25, 0.3) is 0 Å². The van der Waals surface area contributed by atoms with E-state index < -0.39 is 0 Å². The van der Waals surface area contributed by atoms with Gasteiger partial charge in [-0.25, -0.2) is 0 Å². The van der Waals surface area contributed by atoms with Crippen molar-refractivity contribution in [1.29, 1.82) is 0 Å². The van der Waals surface area contributed by atoms with Crippen molar-refractivity contribution in [1.82, 2.24) is 9.80 Å². The van der Waals surface area contributed by atoms with Crippen LogP contribution >= 0.6 is 0 Å². The molecule has 1 heterocycles. The van der Waals surface area contributed by atoms with Gasteiger partial charge in [-0.3, -0.25) is 0 Å². The molecule has 3 nitrogen and oxygen atoms in total. The highest BCUT2D eigenvalue weighted by molar-refractivity contribution is 5.28. The van der Waals surface area contributed by atoms with E-state index in [0.29, 0.717) is 0 Å². The van der Waals surface area contributed by atoms with Crippen LogP contribution in [0.1, 0.15) is 5.56 Å². The molecule has 1 aliphatic heterocycles. The van der Waals surface area contributed by atoms with Crippen LogP contribution in [0, 0.1) is 0 Å². The lowest BCUT2D eigenvalue weighted by molar-refractivity contribution is 0.387. The van der Waals surface area contributed by atoms with E-state index in [1.54, 1.807) is 7.11 Å². The Morgan fingerprint density at radius 2 is 1.95 bits per heavy atom. The van der Waals surface area contributed by atoms with Crippen LogP contribution in [-0.4, -0.2) is 44.1 Å². The molecule has 0 bridgehead atoms. The summed E-state index contributed by atoms with van der Waals surface area (Å²) < 4.78 is 5.18. The molecule has 19 heavy (non-hydrogen) atoms. The van der Waals surface area contributed by atoms with Crippen molar-refractivity contribution in [2.24, 2.45) is 0 Å². The molecule has 0 unspecified atom stereocenters. The van der Waals surface area contributed by atoms with Crippen LogP contribution in [0.25, 0.3) is 0 Å². The Morgan fingerprint density at radius 1 is 1.21 bits per heavy atom. The number of rotatable bonds is 5. The summed E-state index contributed by atoms with van der Waals surface area (Å²) in [6, 6.07) is 8.27. The maximum atomic E-state index is 5.18. The minimum atomic E-state index is 0.908. The first kappa shape index (κ1) is 13.7. The maximum Gasteiger partial charge on any atom is 0.118 e. The number of hydrogen-bond donors (Lipinski definition) is 0. The number of nitrogens with zero attached hydrogens (tertiary/aromatic N) is 2. The van der Waals surface area contributed by atoms with Crippen LogP contribution in [0.15, 0.2) is 48.2 Å². The highest BCUT2D eigenvalue weighted by Crippen LogP contribution is 2.15. The second-order valence-electron chi connectivity index (χ2n) is 5.12. The molecular weight excluding hydrogens is 236 g/mol. The van der Waals surface area contributed by atoms with E-state index in [1.165, 1.54) is 11.1 Å². The minimum absolute atomic E-state index is 0.908. The predicted molar refractivity (Wildman–Crippen MR) is 79.2 cm³/mol. The molecule has 102 valence electrons. The molecule has 0 saturated heterocycles. The van der Waals surface area contributed by atoms with Gasteiger partial charge in [-0.05, 0) is 37.4 Å². The van der Waals surface area contributed by atoms with Crippen LogP contribution in [0.5, 0.6) is 5.75 Å². The Balaban J connectivity index is 1.98. The lowest BCUT2D eigenvalue weighted by atomic mass is 10.1. The monoisotopic (exact) mass is 258 g/mol. The van der Waals surface area contributed by atoms with Crippen LogP contribution in [0.4, 0.5) is 0 Å². The third-order valence-corrected chi connectivity index (χ3v) is 3.06. The van der Waals surface area contributed by atoms with E-state index in [2.05, 4.69) is 54.4 Å². The molecule has 0 amide bonds. The smallest absolute Gasteiger partial charge is 0.118 e. The van der Waals surface area contributed by atoms with Crippen molar-refractivity contribution in [3.05, 3.63) is 53.8 Å². The lowest BCUT2D eigenvalue weighted by Gasteiger charge is -2.24. The van der Waals surface area contributed by atoms with Gasteiger partial charge in [-0.1, -0.05) is 24.3 Å². The van der Waals surface area contributed by atoms with Gasteiger partial charge in [0, 0.05) is 25.8 Å². The first-order valence-electron chi connectivity index (χ1n) is 6.56. The molecule has 0 spiro atoms. The van der Waals surface area contributed by atoms with Crippen molar-refractivity contribution in [3.8, 4) is 5.75 Å². The van der Waals surface area contributed by atoms with Crippen molar-refractivity contribution in [2.45, 2.75) is 6.54 Å². The van der Waals surface area contributed by atoms with Crippen molar-refractivity contribution in [3.63, 3.8) is 0 Å². The second-order valence-corrected chi connectivity index (χ2v) is 5.12. The summed E-state index contributed by atoms with van der Waals surface area (Å²) in [7, 11) is 5.88. The molecule has 0 radical (unpaired) electrons. The average molecular weight is 258 g/mol. The molecule has 2 rings (SSSR count). The fourth-order valence-corrected chi connectivity index (χ4v) is 2.20. The predicted octanol–water partition coefficient (Wildman–Crippen LogP) is 2.51. The number of methoxy groups -OCH3 is 1. The van der Waals surface area contributed by atoms with Crippen LogP contribution in [0.3, 0.4) is 0 Å². The van der Waals surface area contributed by atoms with Gasteiger partial charge >= 0.3 is 0 Å². The standard InChI is InChI=1S/C16H22N2O/c1-17(2)11-15-5-4-10-18(13-15)12-14-6-8-16(19-3)9-7-14/h4-9,13H,10-12H2,1-3H3. The Bertz CT molecular complexity index is 460. The number of likely N-dealkylation sites (N-methyl/N-ethyl adjacent to an activating group) is 1. The molecule has 0 N–H and O–H groups in total. The molecule has 3 heteroatoms. The van der Waals surface area contributed by atoms with E-state index in [9.17, 15) is 0 Å². The van der Waals surface area contributed by atoms with Gasteiger partial charge in [-0.15, -0.1) is 0 Å². The molecule has 0 saturated carbocycles. The number of ether oxygens (including phenoxy) is 1. The van der Waals surface area contributed by atoms with Crippen LogP contribution in [-0.2, 0) is 6.54 Å². The number of benzene rings is 1. The van der Waals surface area contributed by atoms with Gasteiger partial charge in [0.1, 0.15) is 5.75 Å². The van der Waals surface area contributed by atoms with Crippen molar-refractivity contribution < 1.29 is 4.74 Å². The Labute approximate surface area is 115 Å². The van der Waals surface area contributed by atoms with Crippen molar-refractivity contribution in [2.75, 3.05) is 34.3 Å². The molecule has 0 aliphatic carbocycles. The van der Waals surface area contributed by atoms with Gasteiger partial charge in [0.15, 0.2) is 0 Å². The largest absolute Gasteiger partial charge is 0.497 e. The summed E-state index contributed by atoms with van der Waals surface area (Å²) in [6.45, 7) is 2.89. The zero-order valence-electron chi connectivity index (χ0n) is 12.0. The fourth-order valence-electron chi connectivity index (χ4n) is 2.20. The molecular formula is C16H22N2O. The second kappa shape index (κ2) is 6.43. The molecule has 1 aromatic rings. The summed E-state index contributed by atoms with van der Waals surface area (Å²) in [5.74, 6) is 0.908. The van der Waals surface area contributed by atoms with E-state index in [-0.39, 0.29) is 0 Å². The molecule has 0 aromatic heterocycles. The minimum Gasteiger partial charge on any atom is -0.497 e. The highest BCUT2D eigenvalue weighted by Gasteiger charge is 2.07. The maximum absolute atomic E-state index is 5.18. The topological polar surface area (TPSA) is 15.7 Å². The van der Waals surface area contributed by atoms with Gasteiger partial charge < -0.3 is 14.5 Å². The molecule has 1 aliphatic rings. The summed E-state index contributed by atoms with van der Waals surface area (Å²) in [4.78, 5) is 4.52. The normalized spacial score (nSPS) is 14.7. The van der Waals surface area contributed by atoms with E-state index in [0.717, 1.165) is 25.4 Å². The van der Waals surface area contributed by atoms with E-state index >= 15 is 0 Å². The van der Waals surface area contributed by atoms with Crippen LogP contribution < -0.4 is 4.74 Å². The van der Waals surface area contributed by atoms with E-state index in [4.69, 9.17) is 4.74 Å². The molecule has 1 aromatic carbocycles. The summed E-state index contributed by atoms with van der Waals surface area (Å²) in [5, 5.41) is 0. The average Bonchev–Trinajstić information content (AvgIpc) is 2.39. The highest BCUT2D eigenvalue weighted by atomic mass is 16.5. The first-order chi connectivity index (χ1) is 9.17. The SMILES string of the molecule is COc1ccc(CN2C=C(CN(C)C)C=CC2)cc1. The fraction of sp³-hybridized carbons (Fsp3) is 0.375. The Hall–Kier alpha value is -1.74. The van der Waals surface area contributed by atoms with E-state index in [1.807, 2.05) is 12.1 Å².